The van der Waals surface area contributed by atoms with Crippen molar-refractivity contribution in [3.63, 3.8) is 0 Å². The van der Waals surface area contributed by atoms with E-state index in [4.69, 9.17) is 28.2 Å². The fraction of sp³-hybridized carbons (Fsp3) is 0.263. The van der Waals surface area contributed by atoms with Crippen molar-refractivity contribution in [1.82, 2.24) is 9.97 Å². The van der Waals surface area contributed by atoms with Crippen molar-refractivity contribution >= 4 is 34.1 Å². The van der Waals surface area contributed by atoms with Crippen LogP contribution in [0.15, 0.2) is 36.7 Å². The molecule has 23 heavy (non-hydrogen) atoms. The molecule has 0 amide bonds. The molecule has 4 heteroatoms. The minimum atomic E-state index is 0.000497. The zero-order valence-electron chi connectivity index (χ0n) is 13.6. The lowest BCUT2D eigenvalue weighted by atomic mass is 9.85. The molecule has 0 N–H and O–H groups in total. The molecule has 0 bridgehead atoms. The average molecular weight is 345 g/mol. The molecule has 2 aromatic heterocycles. The van der Waals surface area contributed by atoms with Crippen LogP contribution in [0.3, 0.4) is 0 Å². The Bertz CT molecular complexity index is 896. The predicted octanol–water partition coefficient (Wildman–Crippen LogP) is 6.21. The molecular formula is C19H18Cl2N2. The normalized spacial score (nSPS) is 11.9. The van der Waals surface area contributed by atoms with Crippen molar-refractivity contribution in [2.75, 3.05) is 0 Å². The summed E-state index contributed by atoms with van der Waals surface area (Å²) in [5, 5.41) is 2.26. The molecular weight excluding hydrogens is 327 g/mol. The first-order chi connectivity index (χ1) is 10.8. The number of nitrogens with zero attached hydrogens (tertiary/aromatic N) is 2. The number of benzene rings is 1. The first-order valence-electron chi connectivity index (χ1n) is 7.48. The average Bonchev–Trinajstić information content (AvgIpc) is 2.48. The number of halogens is 2. The number of aromatic nitrogens is 2. The maximum absolute atomic E-state index is 6.52. The second-order valence-electron chi connectivity index (χ2n) is 6.78. The van der Waals surface area contributed by atoms with Crippen LogP contribution in [0.1, 0.15) is 31.9 Å². The molecule has 118 valence electrons. The molecule has 2 heterocycles. The van der Waals surface area contributed by atoms with Gasteiger partial charge in [0.2, 0.25) is 0 Å². The Labute approximate surface area is 146 Å². The smallest absolute Gasteiger partial charge is 0.0755 e. The van der Waals surface area contributed by atoms with Crippen molar-refractivity contribution in [3.8, 4) is 11.3 Å². The summed E-state index contributed by atoms with van der Waals surface area (Å²) in [5.74, 6) is 0. The van der Waals surface area contributed by atoms with Crippen LogP contribution in [-0.2, 0) is 5.41 Å². The van der Waals surface area contributed by atoms with E-state index in [-0.39, 0.29) is 5.41 Å². The number of hydrogen-bond acceptors (Lipinski definition) is 2. The van der Waals surface area contributed by atoms with E-state index < -0.39 is 0 Å². The highest BCUT2D eigenvalue weighted by atomic mass is 35.5. The number of aryl methyl sites for hydroxylation is 1. The van der Waals surface area contributed by atoms with Crippen LogP contribution >= 0.6 is 23.2 Å². The standard InChI is InChI=1S/C19H18Cl2N2/c1-11-7-14(19(2,3)4)16(21)8-12(11)18-9-15(20)13-10-22-6-5-17(13)23-18/h5-10H,1-4H3. The van der Waals surface area contributed by atoms with Crippen LogP contribution in [0.4, 0.5) is 0 Å². The van der Waals surface area contributed by atoms with E-state index in [0.717, 1.165) is 38.3 Å². The van der Waals surface area contributed by atoms with Crippen molar-refractivity contribution in [3.05, 3.63) is 57.8 Å². The molecule has 0 fully saturated rings. The van der Waals surface area contributed by atoms with Gasteiger partial charge in [-0.15, -0.1) is 0 Å². The van der Waals surface area contributed by atoms with Gasteiger partial charge in [-0.2, -0.15) is 0 Å². The fourth-order valence-corrected chi connectivity index (χ4v) is 3.39. The molecule has 3 rings (SSSR count). The summed E-state index contributed by atoms with van der Waals surface area (Å²) in [6, 6.07) is 7.87. The van der Waals surface area contributed by atoms with Crippen molar-refractivity contribution in [1.29, 1.82) is 0 Å². The van der Waals surface area contributed by atoms with E-state index in [2.05, 4.69) is 38.7 Å². The first kappa shape index (κ1) is 16.2. The molecule has 0 aliphatic heterocycles. The van der Waals surface area contributed by atoms with Gasteiger partial charge < -0.3 is 0 Å². The largest absolute Gasteiger partial charge is 0.264 e. The minimum absolute atomic E-state index is 0.000497. The Balaban J connectivity index is 2.21. The maximum Gasteiger partial charge on any atom is 0.0755 e. The van der Waals surface area contributed by atoms with Crippen molar-refractivity contribution in [2.45, 2.75) is 33.1 Å². The molecule has 0 unspecified atom stereocenters. The molecule has 0 aliphatic rings. The highest BCUT2D eigenvalue weighted by Gasteiger charge is 2.19. The Morgan fingerprint density at radius 1 is 1.00 bits per heavy atom. The first-order valence-corrected chi connectivity index (χ1v) is 8.24. The molecule has 0 aliphatic carbocycles. The van der Waals surface area contributed by atoms with Gasteiger partial charge in [-0.3, -0.25) is 4.98 Å². The van der Waals surface area contributed by atoms with E-state index in [1.54, 1.807) is 12.4 Å². The van der Waals surface area contributed by atoms with Crippen molar-refractivity contribution < 1.29 is 0 Å². The number of rotatable bonds is 1. The quantitative estimate of drug-likeness (QED) is 0.524. The number of pyridine rings is 2. The third-order valence-electron chi connectivity index (χ3n) is 3.96. The van der Waals surface area contributed by atoms with E-state index in [0.29, 0.717) is 5.02 Å². The molecule has 0 radical (unpaired) electrons. The third kappa shape index (κ3) is 3.06. The van der Waals surface area contributed by atoms with Gasteiger partial charge in [0.1, 0.15) is 0 Å². The van der Waals surface area contributed by atoms with Gasteiger partial charge in [0.05, 0.1) is 16.2 Å². The van der Waals surface area contributed by atoms with E-state index >= 15 is 0 Å². The zero-order valence-corrected chi connectivity index (χ0v) is 15.1. The van der Waals surface area contributed by atoms with Crippen LogP contribution in [0.25, 0.3) is 22.2 Å². The van der Waals surface area contributed by atoms with Crippen LogP contribution < -0.4 is 0 Å². The molecule has 2 nitrogen and oxygen atoms in total. The summed E-state index contributed by atoms with van der Waals surface area (Å²) in [5.41, 5.74) is 4.93. The zero-order chi connectivity index (χ0) is 16.8. The number of hydrogen-bond donors (Lipinski definition) is 0. The minimum Gasteiger partial charge on any atom is -0.264 e. The Kier molecular flexibility index (Phi) is 4.07. The Morgan fingerprint density at radius 3 is 2.43 bits per heavy atom. The molecule has 0 saturated carbocycles. The van der Waals surface area contributed by atoms with Gasteiger partial charge in [0.25, 0.3) is 0 Å². The van der Waals surface area contributed by atoms with E-state index in [1.807, 2.05) is 18.2 Å². The van der Waals surface area contributed by atoms with Gasteiger partial charge in [-0.05, 0) is 41.7 Å². The third-order valence-corrected chi connectivity index (χ3v) is 4.58. The lowest BCUT2D eigenvalue weighted by Gasteiger charge is -2.22. The SMILES string of the molecule is Cc1cc(C(C)(C)C)c(Cl)cc1-c1cc(Cl)c2cnccc2n1. The predicted molar refractivity (Wildman–Crippen MR) is 98.4 cm³/mol. The van der Waals surface area contributed by atoms with Gasteiger partial charge in [0.15, 0.2) is 0 Å². The van der Waals surface area contributed by atoms with Gasteiger partial charge in [-0.1, -0.05) is 50.0 Å². The second kappa shape index (κ2) is 5.77. The van der Waals surface area contributed by atoms with Crippen molar-refractivity contribution in [2.24, 2.45) is 0 Å². The van der Waals surface area contributed by atoms with Gasteiger partial charge in [-0.25, -0.2) is 4.98 Å². The summed E-state index contributed by atoms with van der Waals surface area (Å²) in [6.07, 6.45) is 3.45. The summed E-state index contributed by atoms with van der Waals surface area (Å²) < 4.78 is 0. The lowest BCUT2D eigenvalue weighted by Crippen LogP contribution is -2.12. The van der Waals surface area contributed by atoms with Crippen LogP contribution in [-0.4, -0.2) is 9.97 Å². The maximum atomic E-state index is 6.52. The molecule has 0 atom stereocenters. The highest BCUT2D eigenvalue weighted by molar-refractivity contribution is 6.35. The van der Waals surface area contributed by atoms with Crippen LogP contribution in [0, 0.1) is 6.92 Å². The van der Waals surface area contributed by atoms with Crippen LogP contribution in [0.2, 0.25) is 10.0 Å². The fourth-order valence-electron chi connectivity index (χ4n) is 2.70. The number of fused-ring (bicyclic) bond motifs is 1. The second-order valence-corrected chi connectivity index (χ2v) is 7.59. The van der Waals surface area contributed by atoms with E-state index in [1.165, 1.54) is 0 Å². The molecule has 0 saturated heterocycles. The highest BCUT2D eigenvalue weighted by Crippen LogP contribution is 2.36. The Hall–Kier alpha value is -1.64. The molecule has 1 aromatic carbocycles. The summed E-state index contributed by atoms with van der Waals surface area (Å²) >= 11 is 12.9. The van der Waals surface area contributed by atoms with Gasteiger partial charge in [0, 0.05) is 28.4 Å². The molecule has 3 aromatic rings. The van der Waals surface area contributed by atoms with Crippen LogP contribution in [0.5, 0.6) is 0 Å². The Morgan fingerprint density at radius 2 is 1.74 bits per heavy atom. The summed E-state index contributed by atoms with van der Waals surface area (Å²) in [4.78, 5) is 8.82. The summed E-state index contributed by atoms with van der Waals surface area (Å²) in [7, 11) is 0. The summed E-state index contributed by atoms with van der Waals surface area (Å²) in [6.45, 7) is 8.55. The van der Waals surface area contributed by atoms with E-state index in [9.17, 15) is 0 Å². The molecule has 0 spiro atoms. The topological polar surface area (TPSA) is 25.8 Å². The monoisotopic (exact) mass is 344 g/mol. The lowest BCUT2D eigenvalue weighted by molar-refractivity contribution is 0.590. The van der Waals surface area contributed by atoms with Gasteiger partial charge >= 0.3 is 0 Å².